The van der Waals surface area contributed by atoms with E-state index in [0.29, 0.717) is 5.92 Å². The number of hydrogen-bond donors (Lipinski definition) is 0. The maximum atomic E-state index is 3.36. The minimum Gasteiger partial charge on any atom is -0.313 e. The molecular weight excluding hydrogens is 725 g/mol. The molecule has 0 saturated carbocycles. The molecule has 1 unspecified atom stereocenters. The average Bonchev–Trinajstić information content (AvgIpc) is 3.84. The number of hydrogen-bond acceptors (Lipinski definition) is 0. The second-order valence-corrected chi connectivity index (χ2v) is 15.7. The largest absolute Gasteiger partial charge is 0.313 e. The number of fused-ring (bicyclic) bond motifs is 6. The van der Waals surface area contributed by atoms with Gasteiger partial charge >= 0.3 is 0 Å². The Balaban J connectivity index is 0.00000140. The molecule has 2 nitrogen and oxygen atoms in total. The van der Waals surface area contributed by atoms with Gasteiger partial charge in [-0.3, -0.25) is 0 Å². The zero-order chi connectivity index (χ0) is 40.6. The number of allylic oxidation sites excluding steroid dienone is 2. The quantitative estimate of drug-likeness (QED) is 0.149. The fourth-order valence-electron chi connectivity index (χ4n) is 9.30. The standard InChI is InChI=1S/C55H40N2.C3H6/c1-37-14-13-22-50-49-21-9-12-25-54(49)57(55(37)50)43-33-28-40(29-34-43)51-36-41(30-35-46(51)45-18-6-5-17-44(45)39-15-3-2-4-16-39)38-26-31-42(32-27-38)56-52-23-10-7-19-47(52)48-20-8-11-24-53(48)56;1-3-2/h2-13,15-37H,14H2,1H3;3H,1H2,2H3. The van der Waals surface area contributed by atoms with Gasteiger partial charge in [-0.15, -0.1) is 6.58 Å². The normalized spacial score (nSPS) is 13.3. The smallest absolute Gasteiger partial charge is 0.0541 e. The summed E-state index contributed by atoms with van der Waals surface area (Å²) < 4.78 is 4.87. The van der Waals surface area contributed by atoms with Gasteiger partial charge < -0.3 is 9.13 Å². The van der Waals surface area contributed by atoms with E-state index in [-0.39, 0.29) is 0 Å². The number of nitrogens with zero attached hydrogens (tertiary/aromatic N) is 2. The van der Waals surface area contributed by atoms with Crippen LogP contribution in [0.3, 0.4) is 0 Å². The SMILES string of the molecule is C=CC.CC1CC=Cc2c1n(-c1ccc(-c3cc(-c4ccc(-n5c6ccccc6c6ccccc65)cc4)ccc3-c3ccccc3-c3ccccc3)cc1)c1ccccc21. The lowest BCUT2D eigenvalue weighted by atomic mass is 9.87. The molecule has 2 aromatic heterocycles. The van der Waals surface area contributed by atoms with Crippen molar-refractivity contribution >= 4 is 38.8 Å². The van der Waals surface area contributed by atoms with Crippen LogP contribution in [0.15, 0.2) is 213 Å². The Kier molecular flexibility index (Phi) is 9.67. The summed E-state index contributed by atoms with van der Waals surface area (Å²) in [4.78, 5) is 0. The summed E-state index contributed by atoms with van der Waals surface area (Å²) in [6.07, 6.45) is 7.45. The van der Waals surface area contributed by atoms with Crippen molar-refractivity contribution in [3.8, 4) is 55.9 Å². The van der Waals surface area contributed by atoms with Crippen LogP contribution in [0.5, 0.6) is 0 Å². The molecule has 0 amide bonds. The molecule has 0 saturated heterocycles. The van der Waals surface area contributed by atoms with Crippen LogP contribution in [-0.4, -0.2) is 9.13 Å². The van der Waals surface area contributed by atoms with Gasteiger partial charge in [0.15, 0.2) is 0 Å². The molecule has 0 N–H and O–H groups in total. The fourth-order valence-corrected chi connectivity index (χ4v) is 9.30. The Bertz CT molecular complexity index is 3140. The van der Waals surface area contributed by atoms with E-state index in [0.717, 1.165) is 12.1 Å². The highest BCUT2D eigenvalue weighted by molar-refractivity contribution is 6.09. The minimum atomic E-state index is 0.441. The predicted octanol–water partition coefficient (Wildman–Crippen LogP) is 16.1. The average molecular weight is 771 g/mol. The van der Waals surface area contributed by atoms with Crippen LogP contribution in [0, 0.1) is 0 Å². The summed E-state index contributed by atoms with van der Waals surface area (Å²) in [5.41, 5.74) is 18.5. The van der Waals surface area contributed by atoms with Gasteiger partial charge in [0.1, 0.15) is 0 Å². The van der Waals surface area contributed by atoms with E-state index in [2.05, 4.69) is 229 Å². The van der Waals surface area contributed by atoms with Crippen molar-refractivity contribution in [3.05, 3.63) is 224 Å². The zero-order valence-corrected chi connectivity index (χ0v) is 34.1. The van der Waals surface area contributed by atoms with Crippen molar-refractivity contribution in [2.45, 2.75) is 26.2 Å². The Morgan fingerprint density at radius 1 is 0.450 bits per heavy atom. The maximum Gasteiger partial charge on any atom is 0.0541 e. The Labute approximate surface area is 352 Å². The molecule has 0 spiro atoms. The molecule has 1 atom stereocenters. The summed E-state index contributed by atoms with van der Waals surface area (Å²) in [7, 11) is 0. The van der Waals surface area contributed by atoms with Crippen LogP contribution >= 0.6 is 0 Å². The van der Waals surface area contributed by atoms with Crippen molar-refractivity contribution < 1.29 is 0 Å². The monoisotopic (exact) mass is 770 g/mol. The number of benzene rings is 8. The third kappa shape index (κ3) is 6.38. The van der Waals surface area contributed by atoms with E-state index in [9.17, 15) is 0 Å². The predicted molar refractivity (Wildman–Crippen MR) is 257 cm³/mol. The highest BCUT2D eigenvalue weighted by Crippen LogP contribution is 2.43. The van der Waals surface area contributed by atoms with Gasteiger partial charge in [-0.05, 0) is 106 Å². The van der Waals surface area contributed by atoms with Gasteiger partial charge in [0.25, 0.3) is 0 Å². The van der Waals surface area contributed by atoms with Gasteiger partial charge in [0.2, 0.25) is 0 Å². The molecule has 0 radical (unpaired) electrons. The first-order valence-corrected chi connectivity index (χ1v) is 21.0. The summed E-state index contributed by atoms with van der Waals surface area (Å²) >= 11 is 0. The third-order valence-corrected chi connectivity index (χ3v) is 12.0. The molecule has 2 heterocycles. The Morgan fingerprint density at radius 2 is 0.917 bits per heavy atom. The summed E-state index contributed by atoms with van der Waals surface area (Å²) in [5.74, 6) is 0.441. The minimum absolute atomic E-state index is 0.441. The van der Waals surface area contributed by atoms with E-state index in [1.807, 2.05) is 6.92 Å². The van der Waals surface area contributed by atoms with Crippen LogP contribution in [0.1, 0.15) is 37.4 Å². The topological polar surface area (TPSA) is 9.86 Å². The summed E-state index contributed by atoms with van der Waals surface area (Å²) in [6.45, 7) is 7.60. The first kappa shape index (κ1) is 36.9. The van der Waals surface area contributed by atoms with E-state index >= 15 is 0 Å². The van der Waals surface area contributed by atoms with Crippen molar-refractivity contribution in [2.75, 3.05) is 0 Å². The molecule has 2 heteroatoms. The highest BCUT2D eigenvalue weighted by Gasteiger charge is 2.23. The summed E-state index contributed by atoms with van der Waals surface area (Å²) in [6, 6.07) is 71.1. The van der Waals surface area contributed by atoms with Gasteiger partial charge in [-0.25, -0.2) is 0 Å². The van der Waals surface area contributed by atoms with E-state index < -0.39 is 0 Å². The van der Waals surface area contributed by atoms with Crippen molar-refractivity contribution in [1.82, 2.24) is 9.13 Å². The lowest BCUT2D eigenvalue weighted by Crippen LogP contribution is -2.06. The van der Waals surface area contributed by atoms with Crippen LogP contribution < -0.4 is 0 Å². The number of para-hydroxylation sites is 3. The molecule has 1 aliphatic carbocycles. The van der Waals surface area contributed by atoms with Crippen LogP contribution in [0.4, 0.5) is 0 Å². The Morgan fingerprint density at radius 3 is 1.57 bits per heavy atom. The van der Waals surface area contributed by atoms with E-state index in [1.54, 1.807) is 6.08 Å². The zero-order valence-electron chi connectivity index (χ0n) is 34.1. The number of aromatic nitrogens is 2. The highest BCUT2D eigenvalue weighted by atomic mass is 15.0. The first-order valence-electron chi connectivity index (χ1n) is 21.0. The van der Waals surface area contributed by atoms with E-state index in [1.165, 1.54) is 94.2 Å². The lowest BCUT2D eigenvalue weighted by molar-refractivity contribution is 0.723. The van der Waals surface area contributed by atoms with Gasteiger partial charge in [-0.2, -0.15) is 0 Å². The second-order valence-electron chi connectivity index (χ2n) is 15.7. The van der Waals surface area contributed by atoms with Gasteiger partial charge in [-0.1, -0.05) is 171 Å². The van der Waals surface area contributed by atoms with Crippen LogP contribution in [0.25, 0.3) is 94.7 Å². The summed E-state index contributed by atoms with van der Waals surface area (Å²) in [5, 5.41) is 3.86. The molecule has 0 aliphatic heterocycles. The molecule has 0 fully saturated rings. The molecule has 60 heavy (non-hydrogen) atoms. The molecule has 8 aromatic carbocycles. The van der Waals surface area contributed by atoms with E-state index in [4.69, 9.17) is 0 Å². The molecule has 1 aliphatic rings. The molecular formula is C58H46N2. The fraction of sp³-hybridized carbons (Fsp3) is 0.0690. The Hall–Kier alpha value is -7.42. The third-order valence-electron chi connectivity index (χ3n) is 12.0. The molecule has 0 bridgehead atoms. The maximum absolute atomic E-state index is 3.36. The van der Waals surface area contributed by atoms with Crippen molar-refractivity contribution in [1.29, 1.82) is 0 Å². The van der Waals surface area contributed by atoms with Crippen LogP contribution in [0.2, 0.25) is 0 Å². The first-order chi connectivity index (χ1) is 29.6. The molecule has 11 rings (SSSR count). The molecule has 10 aromatic rings. The van der Waals surface area contributed by atoms with Crippen LogP contribution in [-0.2, 0) is 0 Å². The second kappa shape index (κ2) is 15.7. The lowest BCUT2D eigenvalue weighted by Gasteiger charge is -2.20. The van der Waals surface area contributed by atoms with Crippen molar-refractivity contribution in [3.63, 3.8) is 0 Å². The number of rotatable bonds is 6. The van der Waals surface area contributed by atoms with Crippen molar-refractivity contribution in [2.24, 2.45) is 0 Å². The van der Waals surface area contributed by atoms with Gasteiger partial charge in [0, 0.05) is 44.7 Å². The van der Waals surface area contributed by atoms with Gasteiger partial charge in [0.05, 0.1) is 16.6 Å². The molecule has 288 valence electrons.